The number of carbonyl (C=O) groups is 1. The van der Waals surface area contributed by atoms with E-state index in [1.807, 2.05) is 0 Å². The Morgan fingerprint density at radius 3 is 2.85 bits per heavy atom. The number of phenols is 1. The average Bonchev–Trinajstić information content (AvgIpc) is 2.41. The fraction of sp³-hybridized carbons (Fsp3) is 0. The molecule has 1 amide bonds. The van der Waals surface area contributed by atoms with Crippen molar-refractivity contribution in [3.05, 3.63) is 63.1 Å². The first kappa shape index (κ1) is 14.6. The minimum absolute atomic E-state index is 0.108. The molecule has 0 aromatic heterocycles. The molecule has 0 bridgehead atoms. The van der Waals surface area contributed by atoms with Crippen LogP contribution in [0.1, 0.15) is 15.9 Å². The van der Waals surface area contributed by atoms with Crippen molar-refractivity contribution < 1.29 is 9.90 Å². The molecule has 6 heteroatoms. The fourth-order valence-electron chi connectivity index (χ4n) is 1.50. The topological polar surface area (TPSA) is 61.7 Å². The molecular formula is C14H10BrClN2O2. The van der Waals surface area contributed by atoms with E-state index in [4.69, 9.17) is 11.6 Å². The van der Waals surface area contributed by atoms with Crippen LogP contribution in [0, 0.1) is 0 Å². The van der Waals surface area contributed by atoms with Gasteiger partial charge in [-0.25, -0.2) is 5.43 Å². The van der Waals surface area contributed by atoms with Gasteiger partial charge in [0.1, 0.15) is 5.75 Å². The van der Waals surface area contributed by atoms with Crippen LogP contribution in [0.25, 0.3) is 0 Å². The maximum absolute atomic E-state index is 11.8. The van der Waals surface area contributed by atoms with Crippen LogP contribution in [0.4, 0.5) is 0 Å². The zero-order valence-corrected chi connectivity index (χ0v) is 12.5. The molecule has 0 atom stereocenters. The second-order valence-corrected chi connectivity index (χ2v) is 5.27. The summed E-state index contributed by atoms with van der Waals surface area (Å²) < 4.78 is 0.694. The first-order chi connectivity index (χ1) is 9.56. The highest BCUT2D eigenvalue weighted by molar-refractivity contribution is 9.10. The molecule has 20 heavy (non-hydrogen) atoms. The number of nitrogens with one attached hydrogen (secondary N) is 1. The standard InChI is InChI=1S/C14H10BrClN2O2/c15-10-4-5-13(19)12(7-10)14(20)18-17-8-9-2-1-3-11(16)6-9/h1-8,19H,(H,18,20)/b17-8-. The van der Waals surface area contributed by atoms with E-state index in [9.17, 15) is 9.90 Å². The predicted octanol–water partition coefficient (Wildman–Crippen LogP) is 3.57. The van der Waals surface area contributed by atoms with Crippen molar-refractivity contribution in [3.8, 4) is 5.75 Å². The van der Waals surface area contributed by atoms with E-state index in [1.54, 1.807) is 30.3 Å². The second kappa shape index (κ2) is 6.54. The minimum Gasteiger partial charge on any atom is -0.507 e. The Labute approximate surface area is 129 Å². The number of hydrogen-bond donors (Lipinski definition) is 2. The lowest BCUT2D eigenvalue weighted by molar-refractivity contribution is 0.0952. The third-order valence-corrected chi connectivity index (χ3v) is 3.16. The predicted molar refractivity (Wildman–Crippen MR) is 82.3 cm³/mol. The zero-order valence-electron chi connectivity index (χ0n) is 10.2. The quantitative estimate of drug-likeness (QED) is 0.654. The number of carbonyl (C=O) groups excluding carboxylic acids is 1. The number of hydrazone groups is 1. The molecule has 2 N–H and O–H groups in total. The number of phenolic OH excluding ortho intramolecular Hbond substituents is 1. The highest BCUT2D eigenvalue weighted by Crippen LogP contribution is 2.21. The molecule has 2 aromatic rings. The number of hydrogen-bond acceptors (Lipinski definition) is 3. The Morgan fingerprint density at radius 1 is 1.30 bits per heavy atom. The maximum atomic E-state index is 11.8. The normalized spacial score (nSPS) is 10.7. The third kappa shape index (κ3) is 3.82. The van der Waals surface area contributed by atoms with E-state index in [-0.39, 0.29) is 11.3 Å². The molecule has 0 saturated carbocycles. The van der Waals surface area contributed by atoms with Crippen LogP contribution in [-0.2, 0) is 0 Å². The summed E-state index contributed by atoms with van der Waals surface area (Å²) in [5.74, 6) is -0.606. The summed E-state index contributed by atoms with van der Waals surface area (Å²) in [6.07, 6.45) is 1.47. The van der Waals surface area contributed by atoms with Crippen LogP contribution in [0.5, 0.6) is 5.75 Å². The summed E-state index contributed by atoms with van der Waals surface area (Å²) in [6.45, 7) is 0. The molecule has 2 rings (SSSR count). The van der Waals surface area contributed by atoms with Crippen LogP contribution in [0.3, 0.4) is 0 Å². The van der Waals surface area contributed by atoms with E-state index in [2.05, 4.69) is 26.5 Å². The maximum Gasteiger partial charge on any atom is 0.275 e. The van der Waals surface area contributed by atoms with Gasteiger partial charge < -0.3 is 5.11 Å². The molecule has 0 aliphatic carbocycles. The van der Waals surface area contributed by atoms with Gasteiger partial charge in [0.15, 0.2) is 0 Å². The van der Waals surface area contributed by atoms with Crippen molar-refractivity contribution in [3.63, 3.8) is 0 Å². The monoisotopic (exact) mass is 352 g/mol. The SMILES string of the molecule is O=C(N/N=C\c1cccc(Cl)c1)c1cc(Br)ccc1O. The molecule has 0 aliphatic heterocycles. The van der Waals surface area contributed by atoms with Crippen LogP contribution in [-0.4, -0.2) is 17.2 Å². The van der Waals surface area contributed by atoms with E-state index in [1.165, 1.54) is 18.3 Å². The number of benzene rings is 2. The molecule has 0 heterocycles. The Balaban J connectivity index is 2.07. The summed E-state index contributed by atoms with van der Waals surface area (Å²) >= 11 is 9.07. The first-order valence-electron chi connectivity index (χ1n) is 5.64. The molecule has 0 fully saturated rings. The van der Waals surface area contributed by atoms with Crippen molar-refractivity contribution in [2.45, 2.75) is 0 Å². The van der Waals surface area contributed by atoms with Gasteiger partial charge in [-0.1, -0.05) is 39.7 Å². The van der Waals surface area contributed by atoms with Gasteiger partial charge in [0.25, 0.3) is 5.91 Å². The van der Waals surface area contributed by atoms with E-state index < -0.39 is 5.91 Å². The molecule has 0 radical (unpaired) electrons. The summed E-state index contributed by atoms with van der Waals surface area (Å²) in [5.41, 5.74) is 3.24. The fourth-order valence-corrected chi connectivity index (χ4v) is 2.06. The van der Waals surface area contributed by atoms with Crippen molar-refractivity contribution in [1.29, 1.82) is 0 Å². The van der Waals surface area contributed by atoms with Crippen LogP contribution >= 0.6 is 27.5 Å². The van der Waals surface area contributed by atoms with Gasteiger partial charge in [0, 0.05) is 9.50 Å². The van der Waals surface area contributed by atoms with Crippen LogP contribution in [0.2, 0.25) is 5.02 Å². The third-order valence-electron chi connectivity index (χ3n) is 2.43. The molecule has 4 nitrogen and oxygen atoms in total. The largest absolute Gasteiger partial charge is 0.507 e. The first-order valence-corrected chi connectivity index (χ1v) is 6.81. The molecule has 0 spiro atoms. The average molecular weight is 354 g/mol. The second-order valence-electron chi connectivity index (χ2n) is 3.92. The smallest absolute Gasteiger partial charge is 0.275 e. The number of rotatable bonds is 3. The van der Waals surface area contributed by atoms with Crippen molar-refractivity contribution in [1.82, 2.24) is 5.43 Å². The molecule has 2 aromatic carbocycles. The molecular weight excluding hydrogens is 344 g/mol. The van der Waals surface area contributed by atoms with Crippen molar-refractivity contribution in [2.75, 3.05) is 0 Å². The van der Waals surface area contributed by atoms with E-state index in [0.717, 1.165) is 5.56 Å². The van der Waals surface area contributed by atoms with Gasteiger partial charge in [-0.2, -0.15) is 5.10 Å². The lowest BCUT2D eigenvalue weighted by Crippen LogP contribution is -2.17. The highest BCUT2D eigenvalue weighted by atomic mass is 79.9. The summed E-state index contributed by atoms with van der Waals surface area (Å²) in [5, 5.41) is 14.0. The number of nitrogens with zero attached hydrogens (tertiary/aromatic N) is 1. The van der Waals surface area contributed by atoms with Crippen LogP contribution in [0.15, 0.2) is 52.0 Å². The summed E-state index contributed by atoms with van der Waals surface area (Å²) in [7, 11) is 0. The molecule has 0 saturated heterocycles. The van der Waals surface area contributed by atoms with E-state index in [0.29, 0.717) is 9.50 Å². The molecule has 0 aliphatic rings. The summed E-state index contributed by atoms with van der Waals surface area (Å²) in [4.78, 5) is 11.8. The Bertz CT molecular complexity index is 674. The van der Waals surface area contributed by atoms with Gasteiger partial charge in [0.05, 0.1) is 11.8 Å². The number of amides is 1. The Hall–Kier alpha value is -1.85. The molecule has 0 unspecified atom stereocenters. The summed E-state index contributed by atoms with van der Waals surface area (Å²) in [6, 6.07) is 11.6. The zero-order chi connectivity index (χ0) is 14.5. The van der Waals surface area contributed by atoms with Gasteiger partial charge in [-0.15, -0.1) is 0 Å². The van der Waals surface area contributed by atoms with Crippen LogP contribution < -0.4 is 5.43 Å². The lowest BCUT2D eigenvalue weighted by atomic mass is 10.2. The molecule has 102 valence electrons. The Morgan fingerprint density at radius 2 is 2.10 bits per heavy atom. The van der Waals surface area contributed by atoms with Crippen molar-refractivity contribution >= 4 is 39.7 Å². The number of aromatic hydroxyl groups is 1. The van der Waals surface area contributed by atoms with Gasteiger partial charge in [-0.3, -0.25) is 4.79 Å². The van der Waals surface area contributed by atoms with Gasteiger partial charge in [0.2, 0.25) is 0 Å². The van der Waals surface area contributed by atoms with Gasteiger partial charge in [-0.05, 0) is 35.9 Å². The lowest BCUT2D eigenvalue weighted by Gasteiger charge is -2.03. The van der Waals surface area contributed by atoms with Gasteiger partial charge >= 0.3 is 0 Å². The highest BCUT2D eigenvalue weighted by Gasteiger charge is 2.10. The number of halogens is 2. The van der Waals surface area contributed by atoms with E-state index >= 15 is 0 Å². The minimum atomic E-state index is -0.498. The van der Waals surface area contributed by atoms with Crippen molar-refractivity contribution in [2.24, 2.45) is 5.10 Å². The Kier molecular flexibility index (Phi) is 4.76.